The summed E-state index contributed by atoms with van der Waals surface area (Å²) in [5.41, 5.74) is 0.704. The van der Waals surface area contributed by atoms with Crippen molar-refractivity contribution in [2.24, 2.45) is 0 Å². The maximum absolute atomic E-state index is 13.0. The molecule has 1 atom stereocenters. The first-order valence-electron chi connectivity index (χ1n) is 7.08. The van der Waals surface area contributed by atoms with Crippen LogP contribution >= 0.6 is 11.6 Å². The lowest BCUT2D eigenvalue weighted by atomic mass is 10.2. The number of amides is 1. The van der Waals surface area contributed by atoms with Crippen LogP contribution in [-0.2, 0) is 4.74 Å². The second kappa shape index (κ2) is 6.93. The van der Waals surface area contributed by atoms with Gasteiger partial charge in [0.25, 0.3) is 5.91 Å². The Hall–Kier alpha value is -2.18. The molecule has 0 radical (unpaired) electrons. The molecule has 0 bridgehead atoms. The molecule has 1 N–H and O–H groups in total. The maximum atomic E-state index is 13.0. The highest BCUT2D eigenvalue weighted by Crippen LogP contribution is 2.21. The van der Waals surface area contributed by atoms with E-state index in [0.717, 1.165) is 12.5 Å². The SMILES string of the molecule is O=C(Nc1ccnc(OC2CCOC2)c1)c1ccc(F)cc1Cl. The Balaban J connectivity index is 1.70. The van der Waals surface area contributed by atoms with Crippen LogP contribution in [0.15, 0.2) is 36.5 Å². The summed E-state index contributed by atoms with van der Waals surface area (Å²) in [6.45, 7) is 1.20. The Labute approximate surface area is 137 Å². The van der Waals surface area contributed by atoms with Crippen LogP contribution in [0.2, 0.25) is 5.02 Å². The standard InChI is InChI=1S/C16H14ClFN2O3/c17-14-7-10(18)1-2-13(14)16(21)20-11-3-5-19-15(8-11)23-12-4-6-22-9-12/h1-3,5,7-8,12H,4,6,9H2,(H,19,20,21). The molecular weight excluding hydrogens is 323 g/mol. The van der Waals surface area contributed by atoms with Crippen LogP contribution in [0, 0.1) is 5.82 Å². The van der Waals surface area contributed by atoms with E-state index >= 15 is 0 Å². The summed E-state index contributed by atoms with van der Waals surface area (Å²) in [5, 5.41) is 2.74. The third-order valence-electron chi connectivity index (χ3n) is 3.34. The zero-order valence-corrected chi connectivity index (χ0v) is 12.8. The summed E-state index contributed by atoms with van der Waals surface area (Å²) in [7, 11) is 0. The van der Waals surface area contributed by atoms with E-state index in [1.807, 2.05) is 0 Å². The smallest absolute Gasteiger partial charge is 0.257 e. The van der Waals surface area contributed by atoms with Crippen molar-refractivity contribution >= 4 is 23.2 Å². The number of pyridine rings is 1. The fourth-order valence-electron chi connectivity index (χ4n) is 2.20. The van der Waals surface area contributed by atoms with Crippen LogP contribution in [0.25, 0.3) is 0 Å². The summed E-state index contributed by atoms with van der Waals surface area (Å²) in [4.78, 5) is 16.3. The highest BCUT2D eigenvalue weighted by molar-refractivity contribution is 6.34. The molecule has 3 rings (SSSR count). The van der Waals surface area contributed by atoms with E-state index < -0.39 is 11.7 Å². The Morgan fingerprint density at radius 3 is 3.00 bits per heavy atom. The van der Waals surface area contributed by atoms with Crippen molar-refractivity contribution in [3.05, 3.63) is 52.9 Å². The number of anilines is 1. The second-order valence-corrected chi connectivity index (χ2v) is 5.47. The van der Waals surface area contributed by atoms with Crippen LogP contribution in [0.4, 0.5) is 10.1 Å². The first-order valence-corrected chi connectivity index (χ1v) is 7.46. The fourth-order valence-corrected chi connectivity index (χ4v) is 2.45. The van der Waals surface area contributed by atoms with Gasteiger partial charge >= 0.3 is 0 Å². The van der Waals surface area contributed by atoms with Crippen molar-refractivity contribution in [1.29, 1.82) is 0 Å². The lowest BCUT2D eigenvalue weighted by molar-refractivity contribution is 0.102. The van der Waals surface area contributed by atoms with Gasteiger partial charge in [-0.05, 0) is 24.3 Å². The minimum atomic E-state index is -0.495. The number of rotatable bonds is 4. The van der Waals surface area contributed by atoms with Crippen LogP contribution < -0.4 is 10.1 Å². The summed E-state index contributed by atoms with van der Waals surface area (Å²) >= 11 is 5.88. The lowest BCUT2D eigenvalue weighted by Crippen LogP contribution is -2.17. The Morgan fingerprint density at radius 1 is 1.39 bits per heavy atom. The van der Waals surface area contributed by atoms with E-state index in [1.165, 1.54) is 18.3 Å². The van der Waals surface area contributed by atoms with E-state index in [2.05, 4.69) is 10.3 Å². The predicted octanol–water partition coefficient (Wildman–Crippen LogP) is 3.29. The first kappa shape index (κ1) is 15.7. The molecule has 1 aromatic heterocycles. The Morgan fingerprint density at radius 2 is 2.26 bits per heavy atom. The topological polar surface area (TPSA) is 60.5 Å². The summed E-state index contributed by atoms with van der Waals surface area (Å²) in [6.07, 6.45) is 2.32. The summed E-state index contributed by atoms with van der Waals surface area (Å²) in [6, 6.07) is 6.86. The van der Waals surface area contributed by atoms with Gasteiger partial charge in [-0.1, -0.05) is 11.6 Å². The first-order chi connectivity index (χ1) is 11.1. The van der Waals surface area contributed by atoms with E-state index in [0.29, 0.717) is 24.8 Å². The Kier molecular flexibility index (Phi) is 4.73. The molecule has 1 aliphatic heterocycles. The van der Waals surface area contributed by atoms with Crippen LogP contribution in [0.5, 0.6) is 5.88 Å². The van der Waals surface area contributed by atoms with Crippen LogP contribution in [0.1, 0.15) is 16.8 Å². The number of carbonyl (C=O) groups is 1. The second-order valence-electron chi connectivity index (χ2n) is 5.06. The quantitative estimate of drug-likeness (QED) is 0.930. The van der Waals surface area contributed by atoms with Gasteiger partial charge in [-0.25, -0.2) is 9.37 Å². The van der Waals surface area contributed by atoms with Gasteiger partial charge in [0.1, 0.15) is 11.9 Å². The number of nitrogens with zero attached hydrogens (tertiary/aromatic N) is 1. The van der Waals surface area contributed by atoms with Crippen LogP contribution in [0.3, 0.4) is 0 Å². The zero-order chi connectivity index (χ0) is 16.2. The minimum absolute atomic E-state index is 0.0278. The summed E-state index contributed by atoms with van der Waals surface area (Å²) in [5.74, 6) is -0.523. The number of halogens is 2. The molecule has 1 fully saturated rings. The molecule has 2 heterocycles. The van der Waals surface area contributed by atoms with Crippen LogP contribution in [-0.4, -0.2) is 30.2 Å². The van der Waals surface area contributed by atoms with Crippen molar-refractivity contribution in [1.82, 2.24) is 4.98 Å². The van der Waals surface area contributed by atoms with Crippen molar-refractivity contribution in [3.63, 3.8) is 0 Å². The fraction of sp³-hybridized carbons (Fsp3) is 0.250. The lowest BCUT2D eigenvalue weighted by Gasteiger charge is -2.12. The van der Waals surface area contributed by atoms with Gasteiger partial charge in [-0.3, -0.25) is 4.79 Å². The normalized spacial score (nSPS) is 17.0. The van der Waals surface area contributed by atoms with Gasteiger partial charge in [-0.2, -0.15) is 0 Å². The highest BCUT2D eigenvalue weighted by atomic mass is 35.5. The third-order valence-corrected chi connectivity index (χ3v) is 3.66. The third kappa shape index (κ3) is 3.97. The maximum Gasteiger partial charge on any atom is 0.257 e. The molecular formula is C16H14ClFN2O3. The molecule has 2 aromatic rings. The predicted molar refractivity (Wildman–Crippen MR) is 83.5 cm³/mol. The number of hydrogen-bond donors (Lipinski definition) is 1. The number of ether oxygens (including phenoxy) is 2. The number of hydrogen-bond acceptors (Lipinski definition) is 4. The molecule has 23 heavy (non-hydrogen) atoms. The molecule has 1 aromatic carbocycles. The van der Waals surface area contributed by atoms with Crippen molar-refractivity contribution in [3.8, 4) is 5.88 Å². The van der Waals surface area contributed by atoms with Gasteiger partial charge in [0.2, 0.25) is 5.88 Å². The average Bonchev–Trinajstić information content (AvgIpc) is 3.00. The number of benzene rings is 1. The largest absolute Gasteiger partial charge is 0.472 e. The molecule has 0 aliphatic carbocycles. The minimum Gasteiger partial charge on any atom is -0.472 e. The molecule has 1 amide bonds. The van der Waals surface area contributed by atoms with Gasteiger partial charge < -0.3 is 14.8 Å². The number of carbonyl (C=O) groups excluding carboxylic acids is 1. The monoisotopic (exact) mass is 336 g/mol. The molecule has 1 aliphatic rings. The number of nitrogens with one attached hydrogen (secondary N) is 1. The molecule has 0 saturated carbocycles. The van der Waals surface area contributed by atoms with Gasteiger partial charge in [0, 0.05) is 24.4 Å². The molecule has 1 saturated heterocycles. The average molecular weight is 337 g/mol. The molecule has 5 nitrogen and oxygen atoms in total. The number of aromatic nitrogens is 1. The van der Waals surface area contributed by atoms with E-state index in [-0.39, 0.29) is 16.7 Å². The van der Waals surface area contributed by atoms with Crippen molar-refractivity contribution in [2.75, 3.05) is 18.5 Å². The van der Waals surface area contributed by atoms with E-state index in [1.54, 1.807) is 12.1 Å². The molecule has 7 heteroatoms. The highest BCUT2D eigenvalue weighted by Gasteiger charge is 2.18. The van der Waals surface area contributed by atoms with Gasteiger partial charge in [-0.15, -0.1) is 0 Å². The molecule has 120 valence electrons. The Bertz CT molecular complexity index is 720. The zero-order valence-electron chi connectivity index (χ0n) is 12.1. The summed E-state index contributed by atoms with van der Waals surface area (Å²) < 4.78 is 23.9. The van der Waals surface area contributed by atoms with E-state index in [9.17, 15) is 9.18 Å². The molecule has 0 spiro atoms. The van der Waals surface area contributed by atoms with Crippen molar-refractivity contribution < 1.29 is 18.7 Å². The van der Waals surface area contributed by atoms with Gasteiger partial charge in [0.05, 0.1) is 23.8 Å². The van der Waals surface area contributed by atoms with E-state index in [4.69, 9.17) is 21.1 Å². The van der Waals surface area contributed by atoms with Gasteiger partial charge in [0.15, 0.2) is 0 Å². The molecule has 1 unspecified atom stereocenters. The van der Waals surface area contributed by atoms with Crippen molar-refractivity contribution in [2.45, 2.75) is 12.5 Å².